The average Bonchev–Trinajstić information content (AvgIpc) is 2.85. The minimum Gasteiger partial charge on any atom is -0.350 e. The van der Waals surface area contributed by atoms with Gasteiger partial charge in [-0.15, -0.1) is 0 Å². The van der Waals surface area contributed by atoms with E-state index in [0.717, 1.165) is 5.56 Å². The molecule has 0 saturated heterocycles. The zero-order valence-corrected chi connectivity index (χ0v) is 15.8. The lowest BCUT2D eigenvalue weighted by molar-refractivity contribution is -0.134. The maximum Gasteiger partial charge on any atom is 0.275 e. The van der Waals surface area contributed by atoms with Crippen molar-refractivity contribution in [3.8, 4) is 0 Å². The molecule has 0 aromatic heterocycles. The Morgan fingerprint density at radius 2 is 1.85 bits per heavy atom. The van der Waals surface area contributed by atoms with Crippen LogP contribution in [0.15, 0.2) is 53.5 Å². The number of benzene rings is 2. The Balaban J connectivity index is 1.68. The van der Waals surface area contributed by atoms with Crippen molar-refractivity contribution in [3.05, 3.63) is 70.5 Å². The molecule has 2 aromatic rings. The molecule has 0 aliphatic carbocycles. The predicted octanol–water partition coefficient (Wildman–Crippen LogP) is 3.16. The van der Waals surface area contributed by atoms with Gasteiger partial charge in [-0.25, -0.2) is 4.39 Å². The van der Waals surface area contributed by atoms with E-state index in [4.69, 9.17) is 11.6 Å². The molecule has 140 valence electrons. The summed E-state index contributed by atoms with van der Waals surface area (Å²) in [6.07, 6.45) is 0. The number of hydrogen-bond donors (Lipinski definition) is 1. The quantitative estimate of drug-likeness (QED) is 0.856. The summed E-state index contributed by atoms with van der Waals surface area (Å²) in [7, 11) is 0. The first-order valence-corrected chi connectivity index (χ1v) is 8.83. The minimum atomic E-state index is -0.872. The third-order valence-corrected chi connectivity index (χ3v) is 4.72. The molecule has 2 aromatic carbocycles. The van der Waals surface area contributed by atoms with Gasteiger partial charge in [0, 0.05) is 17.1 Å². The van der Waals surface area contributed by atoms with Gasteiger partial charge in [0.15, 0.2) is 0 Å². The van der Waals surface area contributed by atoms with Gasteiger partial charge < -0.3 is 10.2 Å². The molecule has 27 heavy (non-hydrogen) atoms. The molecular formula is C20H19ClFN3O2. The highest BCUT2D eigenvalue weighted by Gasteiger charge is 2.41. The van der Waals surface area contributed by atoms with E-state index in [-0.39, 0.29) is 36.4 Å². The summed E-state index contributed by atoms with van der Waals surface area (Å²) in [5, 5.41) is 3.34. The molecule has 3 rings (SSSR count). The molecule has 0 unspecified atom stereocenters. The number of halogens is 2. The smallest absolute Gasteiger partial charge is 0.275 e. The monoisotopic (exact) mass is 387 g/mol. The van der Waals surface area contributed by atoms with Crippen LogP contribution in [0, 0.1) is 5.82 Å². The van der Waals surface area contributed by atoms with Gasteiger partial charge in [0.05, 0.1) is 0 Å². The number of carbonyl (C=O) groups is 2. The van der Waals surface area contributed by atoms with Crippen LogP contribution in [0.5, 0.6) is 0 Å². The van der Waals surface area contributed by atoms with Crippen molar-refractivity contribution in [2.45, 2.75) is 26.1 Å². The Morgan fingerprint density at radius 1 is 1.19 bits per heavy atom. The van der Waals surface area contributed by atoms with Crippen LogP contribution in [-0.4, -0.2) is 34.6 Å². The fourth-order valence-corrected chi connectivity index (χ4v) is 3.06. The van der Waals surface area contributed by atoms with Crippen LogP contribution in [0.1, 0.15) is 25.0 Å². The van der Waals surface area contributed by atoms with Crippen LogP contribution in [-0.2, 0) is 16.1 Å². The Bertz CT molecular complexity index is 910. The maximum atomic E-state index is 13.1. The Labute approximate surface area is 161 Å². The van der Waals surface area contributed by atoms with Crippen molar-refractivity contribution in [2.24, 2.45) is 4.99 Å². The van der Waals surface area contributed by atoms with Crippen LogP contribution in [0.2, 0.25) is 5.02 Å². The van der Waals surface area contributed by atoms with E-state index in [9.17, 15) is 14.0 Å². The number of rotatable bonds is 5. The molecule has 0 atom stereocenters. The van der Waals surface area contributed by atoms with Crippen LogP contribution < -0.4 is 5.32 Å². The molecule has 1 aliphatic heterocycles. The van der Waals surface area contributed by atoms with Gasteiger partial charge in [-0.2, -0.15) is 0 Å². The molecule has 5 nitrogen and oxygen atoms in total. The fourth-order valence-electron chi connectivity index (χ4n) is 2.85. The normalized spacial score (nSPS) is 15.6. The van der Waals surface area contributed by atoms with E-state index in [1.807, 2.05) is 18.2 Å². The fraction of sp³-hybridized carbons (Fsp3) is 0.250. The van der Waals surface area contributed by atoms with Gasteiger partial charge in [-0.3, -0.25) is 14.6 Å². The highest BCUT2D eigenvalue weighted by atomic mass is 35.5. The van der Waals surface area contributed by atoms with Gasteiger partial charge in [-0.1, -0.05) is 29.8 Å². The minimum absolute atomic E-state index is 0.134. The molecule has 0 fully saturated rings. The summed E-state index contributed by atoms with van der Waals surface area (Å²) in [6.45, 7) is 3.64. The number of hydrogen-bond acceptors (Lipinski definition) is 3. The third-order valence-electron chi connectivity index (χ3n) is 4.35. The molecule has 0 radical (unpaired) electrons. The van der Waals surface area contributed by atoms with Crippen LogP contribution in [0.3, 0.4) is 0 Å². The lowest BCUT2D eigenvalue weighted by atomic mass is 10.1. The van der Waals surface area contributed by atoms with Crippen molar-refractivity contribution in [1.82, 2.24) is 10.2 Å². The summed E-state index contributed by atoms with van der Waals surface area (Å²) in [4.78, 5) is 31.0. The lowest BCUT2D eigenvalue weighted by Gasteiger charge is -2.28. The molecule has 1 N–H and O–H groups in total. The first-order chi connectivity index (χ1) is 12.8. The molecule has 1 aliphatic rings. The molecule has 7 heteroatoms. The Kier molecular flexibility index (Phi) is 5.28. The Morgan fingerprint density at radius 3 is 2.52 bits per heavy atom. The van der Waals surface area contributed by atoms with E-state index >= 15 is 0 Å². The van der Waals surface area contributed by atoms with Crippen molar-refractivity contribution in [1.29, 1.82) is 0 Å². The van der Waals surface area contributed by atoms with Crippen molar-refractivity contribution in [3.63, 3.8) is 0 Å². The van der Waals surface area contributed by atoms with Crippen molar-refractivity contribution >= 4 is 29.1 Å². The second-order valence-corrected chi connectivity index (χ2v) is 7.13. The molecule has 1 heterocycles. The summed E-state index contributed by atoms with van der Waals surface area (Å²) < 4.78 is 13.1. The summed E-state index contributed by atoms with van der Waals surface area (Å²) >= 11 is 6.08. The van der Waals surface area contributed by atoms with Crippen molar-refractivity contribution in [2.75, 3.05) is 6.54 Å². The van der Waals surface area contributed by atoms with E-state index in [1.54, 1.807) is 19.9 Å². The van der Waals surface area contributed by atoms with Crippen molar-refractivity contribution < 1.29 is 14.0 Å². The number of amides is 2. The first-order valence-electron chi connectivity index (χ1n) is 8.46. The highest BCUT2D eigenvalue weighted by molar-refractivity contribution is 6.46. The molecule has 2 amide bonds. The number of nitrogens with zero attached hydrogens (tertiary/aromatic N) is 2. The number of carbonyl (C=O) groups excluding carboxylic acids is 2. The van der Waals surface area contributed by atoms with Crippen LogP contribution in [0.25, 0.3) is 0 Å². The lowest BCUT2D eigenvalue weighted by Crippen LogP contribution is -2.48. The average molecular weight is 388 g/mol. The highest BCUT2D eigenvalue weighted by Crippen LogP contribution is 2.26. The second-order valence-electron chi connectivity index (χ2n) is 6.72. The topological polar surface area (TPSA) is 61.8 Å². The largest absolute Gasteiger partial charge is 0.350 e. The number of aliphatic imine (C=N–C) groups is 1. The van der Waals surface area contributed by atoms with Crippen LogP contribution in [0.4, 0.5) is 4.39 Å². The van der Waals surface area contributed by atoms with Gasteiger partial charge in [0.2, 0.25) is 5.91 Å². The standard InChI is InChI=1S/C20H19ClFN3O2/c1-20(2)24-18(13-7-9-15(22)10-8-13)19(27)25(20)12-17(26)23-11-14-5-3-4-6-16(14)21/h3-10H,11-12H2,1-2H3,(H,23,26). The predicted molar refractivity (Wildman–Crippen MR) is 102 cm³/mol. The molecule has 0 saturated carbocycles. The SMILES string of the molecule is CC1(C)N=C(c2ccc(F)cc2)C(=O)N1CC(=O)NCc1ccccc1Cl. The second kappa shape index (κ2) is 7.48. The van der Waals surface area contributed by atoms with E-state index in [0.29, 0.717) is 10.6 Å². The zero-order valence-electron chi connectivity index (χ0n) is 15.0. The first kappa shape index (κ1) is 19.0. The molecular weight excluding hydrogens is 369 g/mol. The summed E-state index contributed by atoms with van der Waals surface area (Å²) in [5.41, 5.74) is 0.665. The van der Waals surface area contributed by atoms with E-state index < -0.39 is 5.66 Å². The van der Waals surface area contributed by atoms with E-state index in [1.165, 1.54) is 29.2 Å². The summed E-state index contributed by atoms with van der Waals surface area (Å²) in [6, 6.07) is 12.8. The number of nitrogens with one attached hydrogen (secondary N) is 1. The Hall–Kier alpha value is -2.73. The molecule has 0 bridgehead atoms. The zero-order chi connectivity index (χ0) is 19.6. The van der Waals surface area contributed by atoms with Gasteiger partial charge in [-0.05, 0) is 49.7 Å². The van der Waals surface area contributed by atoms with Gasteiger partial charge in [0.1, 0.15) is 23.7 Å². The van der Waals surface area contributed by atoms with Crippen LogP contribution >= 0.6 is 11.6 Å². The molecule has 0 spiro atoms. The van der Waals surface area contributed by atoms with Gasteiger partial charge in [0.25, 0.3) is 5.91 Å². The van der Waals surface area contributed by atoms with Gasteiger partial charge >= 0.3 is 0 Å². The summed E-state index contributed by atoms with van der Waals surface area (Å²) in [5.74, 6) is -1.06. The third kappa shape index (κ3) is 4.17. The maximum absolute atomic E-state index is 13.1. The van der Waals surface area contributed by atoms with E-state index in [2.05, 4.69) is 10.3 Å².